The van der Waals surface area contributed by atoms with E-state index in [0.29, 0.717) is 0 Å². The molecule has 0 unspecified atom stereocenters. The van der Waals surface area contributed by atoms with Gasteiger partial charge in [0.05, 0.1) is 0 Å². The van der Waals surface area contributed by atoms with E-state index in [0.717, 1.165) is 6.42 Å². The standard InChI is InChI=1S/C4H9.CN.Cu.Li/c1-3-4-2;1-2;;/h1,3-4H2,2H3;;;/q2*-1;2*+1. The molecule has 0 fully saturated rings. The normalized spacial score (nSPS) is 4.00. The molecule has 0 amide bonds. The fourth-order valence-corrected chi connectivity index (χ4v) is 0. The van der Waals surface area contributed by atoms with E-state index in [2.05, 4.69) is 13.8 Å². The Kier molecular flexibility index (Phi) is 143. The van der Waals surface area contributed by atoms with E-state index in [1.165, 1.54) is 6.42 Å². The first-order valence-electron chi connectivity index (χ1n) is 1.93. The molecule has 0 aromatic heterocycles. The zero-order valence-corrected chi connectivity index (χ0v) is 6.31. The summed E-state index contributed by atoms with van der Waals surface area (Å²) in [4.78, 5) is 0. The fourth-order valence-electron chi connectivity index (χ4n) is 0. The van der Waals surface area contributed by atoms with Gasteiger partial charge in [-0.1, -0.05) is 13.3 Å². The van der Waals surface area contributed by atoms with Crippen molar-refractivity contribution in [2.24, 2.45) is 0 Å². The summed E-state index contributed by atoms with van der Waals surface area (Å²) in [6.07, 6.45) is 2.28. The number of nitrogens with zero attached hydrogens (tertiary/aromatic N) is 1. The predicted molar refractivity (Wildman–Crippen MR) is 25.2 cm³/mol. The monoisotopic (exact) mass is 153 g/mol. The Morgan fingerprint density at radius 3 is 1.62 bits per heavy atom. The van der Waals surface area contributed by atoms with E-state index in [-0.39, 0.29) is 35.9 Å². The summed E-state index contributed by atoms with van der Waals surface area (Å²) in [5, 5.41) is 6.25. The first-order valence-corrected chi connectivity index (χ1v) is 1.93. The molecule has 3 heteroatoms. The van der Waals surface area contributed by atoms with Crippen LogP contribution in [0.4, 0.5) is 0 Å². The average Bonchev–Trinajstić information content (AvgIpc) is 1.72. The minimum Gasteiger partial charge on any atom is -0.512 e. The van der Waals surface area contributed by atoms with Gasteiger partial charge in [-0.3, -0.25) is 0 Å². The maximum absolute atomic E-state index is 6.25. The van der Waals surface area contributed by atoms with Gasteiger partial charge in [0.2, 0.25) is 0 Å². The number of unbranched alkanes of at least 4 members (excludes halogenated alkanes) is 1. The molecule has 0 spiro atoms. The predicted octanol–water partition coefficient (Wildman–Crippen LogP) is -1.28. The summed E-state index contributed by atoms with van der Waals surface area (Å²) in [5.41, 5.74) is 0. The Morgan fingerprint density at radius 1 is 1.50 bits per heavy atom. The van der Waals surface area contributed by atoms with Crippen molar-refractivity contribution >= 4 is 0 Å². The average molecular weight is 154 g/mol. The van der Waals surface area contributed by atoms with Crippen molar-refractivity contribution in [3.63, 3.8) is 0 Å². The van der Waals surface area contributed by atoms with Crippen molar-refractivity contribution in [2.75, 3.05) is 0 Å². The van der Waals surface area contributed by atoms with Gasteiger partial charge in [-0.2, -0.15) is 6.42 Å². The third-order valence-electron chi connectivity index (χ3n) is 0.354. The van der Waals surface area contributed by atoms with Gasteiger partial charge in [0, 0.05) is 0 Å². The minimum atomic E-state index is 0. The number of hydrogen-bond acceptors (Lipinski definition) is 1. The molecule has 0 bridgehead atoms. The Balaban J connectivity index is -0.0000000183. The second-order valence-electron chi connectivity index (χ2n) is 0.854. The second kappa shape index (κ2) is 48.9. The van der Waals surface area contributed by atoms with E-state index >= 15 is 0 Å². The summed E-state index contributed by atoms with van der Waals surface area (Å²) < 4.78 is 0. The molecule has 8 heavy (non-hydrogen) atoms. The van der Waals surface area contributed by atoms with Gasteiger partial charge in [-0.25, -0.2) is 0 Å². The van der Waals surface area contributed by atoms with Crippen LogP contribution in [0.2, 0.25) is 0 Å². The molecule has 0 rings (SSSR count). The van der Waals surface area contributed by atoms with Crippen molar-refractivity contribution in [1.82, 2.24) is 0 Å². The Bertz CT molecular complexity index is 28.9. The molecular weight excluding hydrogens is 145 g/mol. The van der Waals surface area contributed by atoms with Crippen LogP contribution in [0.3, 0.4) is 0 Å². The van der Waals surface area contributed by atoms with Crippen LogP contribution >= 0.6 is 0 Å². The number of rotatable bonds is 1. The summed E-state index contributed by atoms with van der Waals surface area (Å²) in [5.74, 6) is 0. The van der Waals surface area contributed by atoms with Gasteiger partial charge < -0.3 is 18.8 Å². The Hall–Kier alpha value is 0.607. The molecular formula is C5H9CuLiN. The Labute approximate surface area is 74.5 Å². The maximum Gasteiger partial charge on any atom is 1.00 e. The Morgan fingerprint density at radius 2 is 1.62 bits per heavy atom. The van der Waals surface area contributed by atoms with Gasteiger partial charge >= 0.3 is 35.9 Å². The first kappa shape index (κ1) is 23.5. The quantitative estimate of drug-likeness (QED) is 0.340. The van der Waals surface area contributed by atoms with Crippen LogP contribution in [0, 0.1) is 18.8 Å². The smallest absolute Gasteiger partial charge is 0.512 e. The molecule has 0 saturated heterocycles. The summed E-state index contributed by atoms with van der Waals surface area (Å²) in [6.45, 7) is 10.5. The van der Waals surface area contributed by atoms with Crippen LogP contribution in [0.15, 0.2) is 0 Å². The first-order chi connectivity index (χ1) is 2.91. The topological polar surface area (TPSA) is 23.8 Å². The molecule has 0 aliphatic heterocycles. The molecule has 0 radical (unpaired) electrons. The molecule has 0 N–H and O–H groups in total. The molecule has 46 valence electrons. The van der Waals surface area contributed by atoms with Gasteiger partial charge in [0.1, 0.15) is 0 Å². The third kappa shape index (κ3) is 80.4. The maximum atomic E-state index is 6.25. The van der Waals surface area contributed by atoms with Crippen molar-refractivity contribution in [1.29, 1.82) is 5.26 Å². The van der Waals surface area contributed by atoms with Crippen LogP contribution < -0.4 is 18.9 Å². The SMILES string of the molecule is [C-]#N.[CH2-]CCC.[Cu+].[Li+]. The van der Waals surface area contributed by atoms with Crippen molar-refractivity contribution < 1.29 is 35.9 Å². The molecule has 0 aliphatic carbocycles. The van der Waals surface area contributed by atoms with Crippen LogP contribution in [0.5, 0.6) is 0 Å². The van der Waals surface area contributed by atoms with Crippen LogP contribution in [-0.4, -0.2) is 0 Å². The van der Waals surface area contributed by atoms with Crippen LogP contribution in [0.25, 0.3) is 0 Å². The van der Waals surface area contributed by atoms with Crippen LogP contribution in [0.1, 0.15) is 19.8 Å². The molecule has 0 saturated carbocycles. The zero-order valence-electron chi connectivity index (χ0n) is 5.37. The van der Waals surface area contributed by atoms with Gasteiger partial charge in [-0.15, -0.1) is 0 Å². The van der Waals surface area contributed by atoms with Crippen molar-refractivity contribution in [3.05, 3.63) is 13.5 Å². The van der Waals surface area contributed by atoms with Crippen molar-refractivity contribution in [2.45, 2.75) is 19.8 Å². The molecule has 0 aromatic rings. The molecule has 0 heterocycles. The van der Waals surface area contributed by atoms with Gasteiger partial charge in [0.15, 0.2) is 0 Å². The molecule has 0 atom stereocenters. The zero-order chi connectivity index (χ0) is 5.41. The molecule has 1 nitrogen and oxygen atoms in total. The van der Waals surface area contributed by atoms with E-state index in [4.69, 9.17) is 11.8 Å². The fraction of sp³-hybridized carbons (Fsp3) is 0.600. The minimum absolute atomic E-state index is 0. The summed E-state index contributed by atoms with van der Waals surface area (Å²) in [7, 11) is 0. The van der Waals surface area contributed by atoms with Gasteiger partial charge in [-0.05, 0) is 0 Å². The van der Waals surface area contributed by atoms with Crippen LogP contribution in [-0.2, 0) is 17.1 Å². The van der Waals surface area contributed by atoms with E-state index in [1.54, 1.807) is 0 Å². The summed E-state index contributed by atoms with van der Waals surface area (Å²) in [6, 6.07) is 0. The second-order valence-corrected chi connectivity index (χ2v) is 0.854. The third-order valence-corrected chi connectivity index (χ3v) is 0.354. The largest absolute Gasteiger partial charge is 1.00 e. The van der Waals surface area contributed by atoms with E-state index < -0.39 is 0 Å². The summed E-state index contributed by atoms with van der Waals surface area (Å²) >= 11 is 0. The van der Waals surface area contributed by atoms with Crippen molar-refractivity contribution in [3.8, 4) is 0 Å². The van der Waals surface area contributed by atoms with E-state index in [9.17, 15) is 0 Å². The van der Waals surface area contributed by atoms with Gasteiger partial charge in [0.25, 0.3) is 0 Å². The molecule has 0 aromatic carbocycles. The molecule has 0 aliphatic rings. The van der Waals surface area contributed by atoms with E-state index in [1.807, 2.05) is 0 Å². The number of hydrogen-bond donors (Lipinski definition) is 0.